The van der Waals surface area contributed by atoms with Crippen LogP contribution in [0.25, 0.3) is 10.9 Å². The van der Waals surface area contributed by atoms with Gasteiger partial charge in [0, 0.05) is 17.5 Å². The van der Waals surface area contributed by atoms with Crippen LogP contribution in [0.2, 0.25) is 5.02 Å². The summed E-state index contributed by atoms with van der Waals surface area (Å²) in [5.74, 6) is -0.674. The van der Waals surface area contributed by atoms with Gasteiger partial charge in [0.15, 0.2) is 0 Å². The molecule has 0 aliphatic carbocycles. The lowest BCUT2D eigenvalue weighted by molar-refractivity contribution is -0.384. The van der Waals surface area contributed by atoms with Gasteiger partial charge in [-0.15, -0.1) is 0 Å². The quantitative estimate of drug-likeness (QED) is 0.391. The molecule has 0 fully saturated rings. The van der Waals surface area contributed by atoms with Crippen molar-refractivity contribution >= 4 is 34.2 Å². The number of non-ortho nitro benzene ring substituents is 1. The van der Waals surface area contributed by atoms with Crippen LogP contribution in [0.15, 0.2) is 48.5 Å². The number of carbonyl (C=O) groups excluding carboxylic acids is 1. The van der Waals surface area contributed by atoms with Crippen LogP contribution in [0.1, 0.15) is 21.6 Å². The number of aryl methyl sites for hydroxylation is 1. The molecule has 3 rings (SSSR count). The molecule has 0 bridgehead atoms. The highest BCUT2D eigenvalue weighted by atomic mass is 35.5. The molecule has 1 aromatic heterocycles. The van der Waals surface area contributed by atoms with Crippen LogP contribution in [-0.2, 0) is 11.3 Å². The maximum Gasteiger partial charge on any atom is 0.338 e. The smallest absolute Gasteiger partial charge is 0.338 e. The second kappa shape index (κ2) is 6.86. The molecular formula is C18H13ClN2O4. The first-order chi connectivity index (χ1) is 12.0. The molecule has 0 radical (unpaired) electrons. The molecule has 126 valence electrons. The number of ether oxygens (including phenoxy) is 1. The summed E-state index contributed by atoms with van der Waals surface area (Å²) in [6, 6.07) is 12.9. The number of rotatable bonds is 4. The first kappa shape index (κ1) is 16.9. The molecule has 2 aromatic carbocycles. The average molecular weight is 357 g/mol. The number of nitro groups is 1. The Bertz CT molecular complexity index is 988. The lowest BCUT2D eigenvalue weighted by Crippen LogP contribution is -2.07. The molecule has 0 aliphatic rings. The molecule has 0 aliphatic heterocycles. The van der Waals surface area contributed by atoms with Crippen molar-refractivity contribution in [1.82, 2.24) is 4.98 Å². The highest BCUT2D eigenvalue weighted by molar-refractivity contribution is 6.32. The average Bonchev–Trinajstić information content (AvgIpc) is 2.63. The molecule has 7 heteroatoms. The Balaban J connectivity index is 1.83. The lowest BCUT2D eigenvalue weighted by Gasteiger charge is -2.10. The van der Waals surface area contributed by atoms with Crippen molar-refractivity contribution in [2.75, 3.05) is 0 Å². The second-order valence-electron chi connectivity index (χ2n) is 5.40. The van der Waals surface area contributed by atoms with Crippen LogP contribution in [-0.4, -0.2) is 15.9 Å². The summed E-state index contributed by atoms with van der Waals surface area (Å²) >= 11 is 6.33. The Morgan fingerprint density at radius 2 is 2.00 bits per heavy atom. The number of benzene rings is 2. The van der Waals surface area contributed by atoms with Crippen molar-refractivity contribution in [2.45, 2.75) is 13.5 Å². The predicted molar refractivity (Wildman–Crippen MR) is 93.7 cm³/mol. The fourth-order valence-corrected chi connectivity index (χ4v) is 2.68. The molecule has 0 saturated heterocycles. The number of carbonyl (C=O) groups is 1. The number of hydrogen-bond acceptors (Lipinski definition) is 5. The van der Waals surface area contributed by atoms with E-state index in [-0.39, 0.29) is 17.9 Å². The monoisotopic (exact) mass is 356 g/mol. The number of halogens is 1. The Hall–Kier alpha value is -2.99. The van der Waals surface area contributed by atoms with Gasteiger partial charge in [-0.05, 0) is 24.6 Å². The topological polar surface area (TPSA) is 82.3 Å². The number of para-hydroxylation sites is 1. The molecule has 3 aromatic rings. The van der Waals surface area contributed by atoms with Gasteiger partial charge < -0.3 is 4.74 Å². The van der Waals surface area contributed by atoms with Crippen molar-refractivity contribution in [3.05, 3.63) is 80.5 Å². The minimum Gasteiger partial charge on any atom is -0.456 e. The number of hydrogen-bond donors (Lipinski definition) is 0. The summed E-state index contributed by atoms with van der Waals surface area (Å²) in [6.45, 7) is 1.75. The highest BCUT2D eigenvalue weighted by Crippen LogP contribution is 2.27. The van der Waals surface area contributed by atoms with Gasteiger partial charge in [-0.25, -0.2) is 9.78 Å². The van der Waals surface area contributed by atoms with E-state index in [0.717, 1.165) is 16.5 Å². The Labute approximate surface area is 148 Å². The SMILES string of the molecule is Cc1c(Cl)c(COC(=O)c2cccc([N+](=O)[O-])c2)nc2ccccc12. The van der Waals surface area contributed by atoms with Gasteiger partial charge in [0.25, 0.3) is 5.69 Å². The van der Waals surface area contributed by atoms with Crippen molar-refractivity contribution in [2.24, 2.45) is 0 Å². The van der Waals surface area contributed by atoms with Crippen molar-refractivity contribution in [1.29, 1.82) is 0 Å². The number of aromatic nitrogens is 1. The van der Waals surface area contributed by atoms with E-state index in [2.05, 4.69) is 4.98 Å². The predicted octanol–water partition coefficient (Wildman–Crippen LogP) is 4.46. The molecule has 25 heavy (non-hydrogen) atoms. The van der Waals surface area contributed by atoms with E-state index in [9.17, 15) is 14.9 Å². The first-order valence-corrected chi connectivity index (χ1v) is 7.80. The third-order valence-corrected chi connectivity index (χ3v) is 4.28. The van der Waals surface area contributed by atoms with Crippen molar-refractivity contribution in [3.8, 4) is 0 Å². The molecule has 0 N–H and O–H groups in total. The molecule has 0 atom stereocenters. The fourth-order valence-electron chi connectivity index (χ4n) is 2.48. The summed E-state index contributed by atoms with van der Waals surface area (Å²) < 4.78 is 5.23. The number of pyridine rings is 1. The van der Waals surface area contributed by atoms with E-state index in [0.29, 0.717) is 10.7 Å². The van der Waals surface area contributed by atoms with Gasteiger partial charge in [0.05, 0.1) is 26.7 Å². The second-order valence-corrected chi connectivity index (χ2v) is 5.78. The number of esters is 1. The Morgan fingerprint density at radius 3 is 2.76 bits per heavy atom. The highest BCUT2D eigenvalue weighted by Gasteiger charge is 2.15. The number of nitro benzene ring substituents is 1. The maximum atomic E-state index is 12.1. The summed E-state index contributed by atoms with van der Waals surface area (Å²) in [4.78, 5) is 26.8. The van der Waals surface area contributed by atoms with Gasteiger partial charge in [-0.2, -0.15) is 0 Å². The van der Waals surface area contributed by atoms with Gasteiger partial charge >= 0.3 is 5.97 Å². The molecule has 0 spiro atoms. The van der Waals surface area contributed by atoms with Crippen LogP contribution >= 0.6 is 11.6 Å². The Morgan fingerprint density at radius 1 is 1.24 bits per heavy atom. The van der Waals surface area contributed by atoms with Crippen LogP contribution in [0.3, 0.4) is 0 Å². The Kier molecular flexibility index (Phi) is 4.63. The summed E-state index contributed by atoms with van der Waals surface area (Å²) in [6.07, 6.45) is 0. The van der Waals surface area contributed by atoms with Gasteiger partial charge in [-0.3, -0.25) is 10.1 Å². The van der Waals surface area contributed by atoms with Crippen LogP contribution in [0.4, 0.5) is 5.69 Å². The van der Waals surface area contributed by atoms with E-state index in [4.69, 9.17) is 16.3 Å². The number of nitrogens with zero attached hydrogens (tertiary/aromatic N) is 2. The molecule has 0 unspecified atom stereocenters. The van der Waals surface area contributed by atoms with Crippen LogP contribution in [0.5, 0.6) is 0 Å². The van der Waals surface area contributed by atoms with Gasteiger partial charge in [-0.1, -0.05) is 35.9 Å². The molecular weight excluding hydrogens is 344 g/mol. The van der Waals surface area contributed by atoms with E-state index in [1.807, 2.05) is 31.2 Å². The van der Waals surface area contributed by atoms with Crippen molar-refractivity contribution in [3.63, 3.8) is 0 Å². The third kappa shape index (κ3) is 3.44. The zero-order valence-electron chi connectivity index (χ0n) is 13.2. The normalized spacial score (nSPS) is 10.6. The largest absolute Gasteiger partial charge is 0.456 e. The van der Waals surface area contributed by atoms with E-state index in [1.165, 1.54) is 24.3 Å². The van der Waals surface area contributed by atoms with Crippen molar-refractivity contribution < 1.29 is 14.5 Å². The minimum atomic E-state index is -0.674. The zero-order valence-corrected chi connectivity index (χ0v) is 14.0. The van der Waals surface area contributed by atoms with Gasteiger partial charge in [0.2, 0.25) is 0 Å². The lowest BCUT2D eigenvalue weighted by atomic mass is 10.1. The van der Waals surface area contributed by atoms with E-state index in [1.54, 1.807) is 0 Å². The molecule has 0 saturated carbocycles. The third-order valence-electron chi connectivity index (χ3n) is 3.78. The van der Waals surface area contributed by atoms with Crippen LogP contribution < -0.4 is 0 Å². The maximum absolute atomic E-state index is 12.1. The summed E-state index contributed by atoms with van der Waals surface area (Å²) in [7, 11) is 0. The first-order valence-electron chi connectivity index (χ1n) is 7.42. The fraction of sp³-hybridized carbons (Fsp3) is 0.111. The minimum absolute atomic E-state index is 0.0998. The zero-order chi connectivity index (χ0) is 18.0. The molecule has 1 heterocycles. The van der Waals surface area contributed by atoms with Crippen LogP contribution in [0, 0.1) is 17.0 Å². The number of fused-ring (bicyclic) bond motifs is 1. The standard InChI is InChI=1S/C18H13ClN2O4/c1-11-14-7-2-3-8-15(14)20-16(17(11)19)10-25-18(22)12-5-4-6-13(9-12)21(23)24/h2-9H,10H2,1H3. The summed E-state index contributed by atoms with van der Waals surface area (Å²) in [5, 5.41) is 12.2. The summed E-state index contributed by atoms with van der Waals surface area (Å²) in [5.41, 5.74) is 1.98. The van der Waals surface area contributed by atoms with E-state index >= 15 is 0 Å². The molecule has 0 amide bonds. The van der Waals surface area contributed by atoms with E-state index < -0.39 is 10.9 Å². The molecule has 6 nitrogen and oxygen atoms in total. The van der Waals surface area contributed by atoms with Gasteiger partial charge in [0.1, 0.15) is 6.61 Å².